The molecule has 0 amide bonds. The van der Waals surface area contributed by atoms with E-state index in [1.165, 1.54) is 11.3 Å². The van der Waals surface area contributed by atoms with Crippen LogP contribution in [-0.4, -0.2) is 29.1 Å². The van der Waals surface area contributed by atoms with Crippen LogP contribution in [0, 0.1) is 0 Å². The summed E-state index contributed by atoms with van der Waals surface area (Å²) in [4.78, 5) is 17.5. The van der Waals surface area contributed by atoms with Gasteiger partial charge in [0.25, 0.3) is 0 Å². The van der Waals surface area contributed by atoms with Gasteiger partial charge in [0.2, 0.25) is 0 Å². The first-order valence-corrected chi connectivity index (χ1v) is 6.36. The number of carboxylic acids is 1. The quantitative estimate of drug-likeness (QED) is 0.937. The number of anilines is 1. The van der Waals surface area contributed by atoms with E-state index >= 15 is 0 Å². The zero-order valence-corrected chi connectivity index (χ0v) is 11.8. The molecule has 0 aliphatic heterocycles. The van der Waals surface area contributed by atoms with Crippen molar-refractivity contribution in [3.63, 3.8) is 0 Å². The molecule has 0 aliphatic rings. The Hall–Kier alpha value is -1.33. The molecule has 0 saturated heterocycles. The molecule has 6 heteroatoms. The summed E-state index contributed by atoms with van der Waals surface area (Å²) >= 11 is 1.54. The van der Waals surface area contributed by atoms with Crippen molar-refractivity contribution >= 4 is 45.1 Å². The Morgan fingerprint density at radius 2 is 2.06 bits per heavy atom. The minimum Gasteiger partial charge on any atom is -0.478 e. The highest BCUT2D eigenvalue weighted by Gasteiger charge is 2.11. The molecule has 1 aromatic heterocycles. The molecule has 0 fully saturated rings. The van der Waals surface area contributed by atoms with Crippen LogP contribution in [0.2, 0.25) is 0 Å². The number of aromatic carboxylic acids is 1. The average molecular weight is 287 g/mol. The molecule has 2 rings (SSSR count). The summed E-state index contributed by atoms with van der Waals surface area (Å²) in [7, 11) is 0. The monoisotopic (exact) mass is 286 g/mol. The second-order valence-corrected chi connectivity index (χ2v) is 4.67. The topological polar surface area (TPSA) is 53.4 Å². The van der Waals surface area contributed by atoms with Crippen molar-refractivity contribution in [2.24, 2.45) is 0 Å². The van der Waals surface area contributed by atoms with Crippen LogP contribution < -0.4 is 4.90 Å². The van der Waals surface area contributed by atoms with Gasteiger partial charge in [0, 0.05) is 13.1 Å². The third kappa shape index (κ3) is 2.73. The first-order chi connectivity index (χ1) is 8.15. The van der Waals surface area contributed by atoms with E-state index in [0.717, 1.165) is 28.4 Å². The Morgan fingerprint density at radius 3 is 2.61 bits per heavy atom. The average Bonchev–Trinajstić information content (AvgIpc) is 2.72. The van der Waals surface area contributed by atoms with E-state index in [1.54, 1.807) is 18.2 Å². The largest absolute Gasteiger partial charge is 0.478 e. The Balaban J connectivity index is 0.00000162. The van der Waals surface area contributed by atoms with E-state index in [-0.39, 0.29) is 12.4 Å². The summed E-state index contributed by atoms with van der Waals surface area (Å²) in [5.74, 6) is -0.898. The number of benzene rings is 1. The van der Waals surface area contributed by atoms with Crippen molar-refractivity contribution in [2.75, 3.05) is 18.0 Å². The lowest BCUT2D eigenvalue weighted by atomic mass is 10.2. The fraction of sp³-hybridized carbons (Fsp3) is 0.333. The van der Waals surface area contributed by atoms with Gasteiger partial charge in [0.1, 0.15) is 0 Å². The molecule has 18 heavy (non-hydrogen) atoms. The van der Waals surface area contributed by atoms with E-state index in [0.29, 0.717) is 5.56 Å². The third-order valence-corrected chi connectivity index (χ3v) is 3.74. The lowest BCUT2D eigenvalue weighted by molar-refractivity contribution is 0.0697. The molecule has 0 saturated carbocycles. The van der Waals surface area contributed by atoms with Gasteiger partial charge in [0.15, 0.2) is 5.13 Å². The van der Waals surface area contributed by atoms with Crippen LogP contribution in [0.4, 0.5) is 5.13 Å². The molecular weight excluding hydrogens is 272 g/mol. The molecule has 0 aliphatic carbocycles. The van der Waals surface area contributed by atoms with E-state index < -0.39 is 5.97 Å². The molecule has 0 bridgehead atoms. The summed E-state index contributed by atoms with van der Waals surface area (Å²) in [5.41, 5.74) is 1.18. The van der Waals surface area contributed by atoms with Crippen LogP contribution in [0.25, 0.3) is 10.2 Å². The minimum atomic E-state index is -0.898. The fourth-order valence-electron chi connectivity index (χ4n) is 1.67. The number of fused-ring (bicyclic) bond motifs is 1. The van der Waals surface area contributed by atoms with Gasteiger partial charge in [-0.05, 0) is 32.0 Å². The summed E-state index contributed by atoms with van der Waals surface area (Å²) < 4.78 is 0.923. The van der Waals surface area contributed by atoms with Gasteiger partial charge >= 0.3 is 5.97 Å². The molecule has 0 spiro atoms. The highest BCUT2D eigenvalue weighted by molar-refractivity contribution is 7.22. The SMILES string of the molecule is CCN(CC)c1nc2ccc(C(=O)O)cc2s1.Cl. The van der Waals surface area contributed by atoms with Crippen molar-refractivity contribution < 1.29 is 9.90 Å². The van der Waals surface area contributed by atoms with Crippen LogP contribution >= 0.6 is 23.7 Å². The number of rotatable bonds is 4. The van der Waals surface area contributed by atoms with Gasteiger partial charge in [-0.3, -0.25) is 0 Å². The number of hydrogen-bond donors (Lipinski definition) is 1. The zero-order valence-electron chi connectivity index (χ0n) is 10.2. The van der Waals surface area contributed by atoms with Gasteiger partial charge in [-0.15, -0.1) is 12.4 Å². The van der Waals surface area contributed by atoms with Crippen LogP contribution in [0.3, 0.4) is 0 Å². The highest BCUT2D eigenvalue weighted by atomic mass is 35.5. The Labute approximate surface area is 116 Å². The van der Waals surface area contributed by atoms with Gasteiger partial charge in [-0.25, -0.2) is 9.78 Å². The van der Waals surface area contributed by atoms with Gasteiger partial charge in [0.05, 0.1) is 15.8 Å². The number of halogens is 1. The molecule has 4 nitrogen and oxygen atoms in total. The molecular formula is C12H15ClN2O2S. The highest BCUT2D eigenvalue weighted by Crippen LogP contribution is 2.29. The Morgan fingerprint density at radius 1 is 1.39 bits per heavy atom. The van der Waals surface area contributed by atoms with Gasteiger partial charge < -0.3 is 10.0 Å². The van der Waals surface area contributed by atoms with E-state index in [4.69, 9.17) is 5.11 Å². The van der Waals surface area contributed by atoms with Crippen molar-refractivity contribution in [2.45, 2.75) is 13.8 Å². The lowest BCUT2D eigenvalue weighted by Gasteiger charge is -2.16. The Kier molecular flexibility index (Phi) is 4.93. The number of aromatic nitrogens is 1. The van der Waals surface area contributed by atoms with Crippen LogP contribution in [0.15, 0.2) is 18.2 Å². The normalized spacial score (nSPS) is 10.1. The number of carbonyl (C=O) groups is 1. The summed E-state index contributed by atoms with van der Waals surface area (Å²) in [5, 5.41) is 9.88. The van der Waals surface area contributed by atoms with Crippen molar-refractivity contribution in [3.8, 4) is 0 Å². The maximum absolute atomic E-state index is 10.9. The molecule has 0 atom stereocenters. The van der Waals surface area contributed by atoms with Crippen molar-refractivity contribution in [3.05, 3.63) is 23.8 Å². The molecule has 0 radical (unpaired) electrons. The second kappa shape index (κ2) is 6.02. The van der Waals surface area contributed by atoms with Gasteiger partial charge in [-0.2, -0.15) is 0 Å². The molecule has 98 valence electrons. The van der Waals surface area contributed by atoms with E-state index in [1.807, 2.05) is 0 Å². The first kappa shape index (κ1) is 14.7. The zero-order chi connectivity index (χ0) is 12.4. The lowest BCUT2D eigenvalue weighted by Crippen LogP contribution is -2.21. The van der Waals surface area contributed by atoms with Crippen LogP contribution in [0.1, 0.15) is 24.2 Å². The van der Waals surface area contributed by atoms with Crippen molar-refractivity contribution in [1.29, 1.82) is 0 Å². The molecule has 2 aromatic rings. The molecule has 1 heterocycles. The summed E-state index contributed by atoms with van der Waals surface area (Å²) in [6.07, 6.45) is 0. The summed E-state index contributed by atoms with van der Waals surface area (Å²) in [6.45, 7) is 5.97. The number of nitrogens with zero attached hydrogens (tertiary/aromatic N) is 2. The molecule has 0 unspecified atom stereocenters. The van der Waals surface area contributed by atoms with Crippen LogP contribution in [0.5, 0.6) is 0 Å². The maximum atomic E-state index is 10.9. The number of hydrogen-bond acceptors (Lipinski definition) is 4. The minimum absolute atomic E-state index is 0. The molecule has 1 aromatic carbocycles. The third-order valence-electron chi connectivity index (χ3n) is 2.66. The standard InChI is InChI=1S/C12H14N2O2S.ClH/c1-3-14(4-2)12-13-9-6-5-8(11(15)16)7-10(9)17-12;/h5-7H,3-4H2,1-2H3,(H,15,16);1H. The van der Waals surface area contributed by atoms with Gasteiger partial charge in [-0.1, -0.05) is 11.3 Å². The summed E-state index contributed by atoms with van der Waals surface area (Å²) in [6, 6.07) is 5.04. The van der Waals surface area contributed by atoms with Crippen LogP contribution in [-0.2, 0) is 0 Å². The molecule has 1 N–H and O–H groups in total. The second-order valence-electron chi connectivity index (χ2n) is 3.66. The van der Waals surface area contributed by atoms with E-state index in [9.17, 15) is 4.79 Å². The number of carboxylic acid groups (broad SMARTS) is 1. The predicted molar refractivity (Wildman–Crippen MR) is 77.4 cm³/mol. The predicted octanol–water partition coefficient (Wildman–Crippen LogP) is 3.26. The fourth-order valence-corrected chi connectivity index (χ4v) is 2.81. The van der Waals surface area contributed by atoms with E-state index in [2.05, 4.69) is 23.7 Å². The maximum Gasteiger partial charge on any atom is 0.335 e. The van der Waals surface area contributed by atoms with Crippen molar-refractivity contribution in [1.82, 2.24) is 4.98 Å². The number of thiazole rings is 1. The Bertz CT molecular complexity index is 552. The first-order valence-electron chi connectivity index (χ1n) is 5.54. The smallest absolute Gasteiger partial charge is 0.335 e.